The summed E-state index contributed by atoms with van der Waals surface area (Å²) >= 11 is 0. The van der Waals surface area contributed by atoms with Crippen molar-refractivity contribution in [1.82, 2.24) is 4.90 Å². The van der Waals surface area contributed by atoms with E-state index in [9.17, 15) is 9.90 Å². The minimum Gasteiger partial charge on any atom is -0.456 e. The first-order chi connectivity index (χ1) is 17.5. The quantitative estimate of drug-likeness (QED) is 0.474. The molecule has 6 nitrogen and oxygen atoms in total. The topological polar surface area (TPSA) is 56.2 Å². The number of anilines is 2. The number of nitrogens with zero attached hydrogens (tertiary/aromatic N) is 3. The number of aliphatic hydroxyl groups is 1. The molecule has 0 unspecified atom stereocenters. The molecule has 0 fully saturated rings. The van der Waals surface area contributed by atoms with Gasteiger partial charge in [-0.05, 0) is 51.5 Å². The number of fused-ring (bicyclic) bond motifs is 6. The summed E-state index contributed by atoms with van der Waals surface area (Å²) in [6, 6.07) is 20.5. The van der Waals surface area contributed by atoms with Crippen LogP contribution in [0.1, 0.15) is 54.7 Å². The van der Waals surface area contributed by atoms with Gasteiger partial charge < -0.3 is 24.5 Å². The Kier molecular flexibility index (Phi) is 6.39. The van der Waals surface area contributed by atoms with Crippen molar-refractivity contribution in [2.45, 2.75) is 33.2 Å². The van der Waals surface area contributed by atoms with Crippen molar-refractivity contribution in [3.63, 3.8) is 0 Å². The van der Waals surface area contributed by atoms with Gasteiger partial charge in [-0.3, -0.25) is 4.79 Å². The zero-order chi connectivity index (χ0) is 25.4. The molecule has 1 spiro atoms. The number of rotatable bonds is 8. The second kappa shape index (κ2) is 9.51. The maximum atomic E-state index is 13.8. The third-order valence-corrected chi connectivity index (χ3v) is 7.71. The second-order valence-corrected chi connectivity index (χ2v) is 9.24. The zero-order valence-electron chi connectivity index (χ0n) is 21.6. The summed E-state index contributed by atoms with van der Waals surface area (Å²) in [4.78, 5) is 20.2. The highest BCUT2D eigenvalue weighted by molar-refractivity contribution is 6.02. The van der Waals surface area contributed by atoms with E-state index in [2.05, 4.69) is 73.9 Å². The Bertz CT molecular complexity index is 1220. The van der Waals surface area contributed by atoms with E-state index >= 15 is 0 Å². The van der Waals surface area contributed by atoms with Crippen LogP contribution in [0.4, 0.5) is 11.4 Å². The summed E-state index contributed by atoms with van der Waals surface area (Å²) in [5.74, 6) is 1.42. The second-order valence-electron chi connectivity index (χ2n) is 9.24. The van der Waals surface area contributed by atoms with Crippen LogP contribution in [0.25, 0.3) is 0 Å². The van der Waals surface area contributed by atoms with Crippen LogP contribution in [0, 0.1) is 0 Å². The first-order valence-corrected chi connectivity index (χ1v) is 13.0. The molecule has 2 heterocycles. The molecule has 1 amide bonds. The van der Waals surface area contributed by atoms with Gasteiger partial charge in [0.2, 0.25) is 0 Å². The Morgan fingerprint density at radius 2 is 1.31 bits per heavy atom. The van der Waals surface area contributed by atoms with Crippen LogP contribution in [0.5, 0.6) is 11.5 Å². The highest BCUT2D eigenvalue weighted by Crippen LogP contribution is 2.58. The van der Waals surface area contributed by atoms with Crippen LogP contribution in [0.15, 0.2) is 60.7 Å². The molecule has 188 valence electrons. The molecule has 0 radical (unpaired) electrons. The van der Waals surface area contributed by atoms with Gasteiger partial charge >= 0.3 is 0 Å². The lowest BCUT2D eigenvalue weighted by Gasteiger charge is -2.44. The Balaban J connectivity index is 1.82. The van der Waals surface area contributed by atoms with Crippen LogP contribution >= 0.6 is 0 Å². The Labute approximate surface area is 213 Å². The number of aliphatic hydroxyl groups excluding tert-OH is 1. The van der Waals surface area contributed by atoms with Crippen molar-refractivity contribution in [3.8, 4) is 11.5 Å². The van der Waals surface area contributed by atoms with Crippen LogP contribution in [-0.4, -0.2) is 55.2 Å². The van der Waals surface area contributed by atoms with Crippen molar-refractivity contribution in [2.75, 3.05) is 49.1 Å². The van der Waals surface area contributed by atoms with Gasteiger partial charge in [0, 0.05) is 72.9 Å². The summed E-state index contributed by atoms with van der Waals surface area (Å²) in [6.45, 7) is 12.2. The minimum absolute atomic E-state index is 0.0703. The lowest BCUT2D eigenvalue weighted by atomic mass is 9.74. The maximum absolute atomic E-state index is 13.8. The number of ether oxygens (including phenoxy) is 1. The fourth-order valence-electron chi connectivity index (χ4n) is 6.00. The zero-order valence-corrected chi connectivity index (χ0v) is 21.6. The predicted octanol–water partition coefficient (Wildman–Crippen LogP) is 5.22. The summed E-state index contributed by atoms with van der Waals surface area (Å²) in [5.41, 5.74) is 4.75. The summed E-state index contributed by atoms with van der Waals surface area (Å²) in [7, 11) is 0. The standard InChI is InChI=1S/C30H35N3O3/c1-5-31(6-2)21-13-15-25-27(19-21)36-28-20-22(32(7-3)8-4)14-16-26(28)30(25)24-12-10-9-11-23(24)29(35)33(30)17-18-34/h9-16,19-20,34H,5-8,17-18H2,1-4H3. The first-order valence-electron chi connectivity index (χ1n) is 13.0. The van der Waals surface area contributed by atoms with Gasteiger partial charge in [0.1, 0.15) is 17.0 Å². The molecule has 5 rings (SSSR count). The van der Waals surface area contributed by atoms with Crippen LogP contribution in [0.3, 0.4) is 0 Å². The molecular formula is C30H35N3O3. The van der Waals surface area contributed by atoms with E-state index in [-0.39, 0.29) is 19.1 Å². The third kappa shape index (κ3) is 3.39. The largest absolute Gasteiger partial charge is 0.456 e. The minimum atomic E-state index is -0.872. The highest BCUT2D eigenvalue weighted by Gasteiger charge is 2.56. The molecule has 3 aromatic carbocycles. The summed E-state index contributed by atoms with van der Waals surface area (Å²) in [6.07, 6.45) is 0. The average Bonchev–Trinajstić information content (AvgIpc) is 3.14. The molecule has 2 aliphatic heterocycles. The van der Waals surface area contributed by atoms with Gasteiger partial charge in [0.25, 0.3) is 5.91 Å². The Morgan fingerprint density at radius 3 is 1.81 bits per heavy atom. The van der Waals surface area contributed by atoms with E-state index in [1.165, 1.54) is 0 Å². The van der Waals surface area contributed by atoms with Gasteiger partial charge in [0.05, 0.1) is 6.61 Å². The number of β-amino-alcohol motifs (C(OH)–C–C–N with tert-alkyl or cyclic N) is 1. The molecular weight excluding hydrogens is 450 g/mol. The highest BCUT2D eigenvalue weighted by atomic mass is 16.5. The lowest BCUT2D eigenvalue weighted by molar-refractivity contribution is 0.0615. The monoisotopic (exact) mass is 485 g/mol. The molecule has 0 aromatic heterocycles. The number of benzene rings is 3. The normalized spacial score (nSPS) is 14.8. The molecule has 3 aromatic rings. The lowest BCUT2D eigenvalue weighted by Crippen LogP contribution is -2.48. The van der Waals surface area contributed by atoms with Crippen molar-refractivity contribution in [2.24, 2.45) is 0 Å². The van der Waals surface area contributed by atoms with Crippen LogP contribution in [-0.2, 0) is 5.54 Å². The van der Waals surface area contributed by atoms with Gasteiger partial charge in [-0.15, -0.1) is 0 Å². The van der Waals surface area contributed by atoms with Gasteiger partial charge in [0.15, 0.2) is 0 Å². The molecule has 0 bridgehead atoms. The molecule has 36 heavy (non-hydrogen) atoms. The van der Waals surface area contributed by atoms with Gasteiger partial charge in [-0.25, -0.2) is 0 Å². The van der Waals surface area contributed by atoms with Crippen molar-refractivity contribution in [3.05, 3.63) is 82.9 Å². The molecule has 0 saturated heterocycles. The molecule has 0 aliphatic carbocycles. The number of hydrogen-bond acceptors (Lipinski definition) is 5. The fraction of sp³-hybridized carbons (Fsp3) is 0.367. The summed E-state index contributed by atoms with van der Waals surface area (Å²) < 4.78 is 6.65. The number of carbonyl (C=O) groups excluding carboxylic acids is 1. The van der Waals surface area contributed by atoms with Crippen molar-refractivity contribution >= 4 is 17.3 Å². The molecule has 0 saturated carbocycles. The van der Waals surface area contributed by atoms with E-state index in [0.29, 0.717) is 5.56 Å². The average molecular weight is 486 g/mol. The number of carbonyl (C=O) groups is 1. The van der Waals surface area contributed by atoms with Crippen molar-refractivity contribution in [1.29, 1.82) is 0 Å². The molecule has 1 N–H and O–H groups in total. The number of amides is 1. The fourth-order valence-corrected chi connectivity index (χ4v) is 6.00. The van der Waals surface area contributed by atoms with E-state index in [0.717, 1.165) is 65.7 Å². The van der Waals surface area contributed by atoms with E-state index in [1.54, 1.807) is 0 Å². The molecule has 2 aliphatic rings. The van der Waals surface area contributed by atoms with Crippen LogP contribution in [0.2, 0.25) is 0 Å². The maximum Gasteiger partial charge on any atom is 0.255 e. The van der Waals surface area contributed by atoms with E-state index in [4.69, 9.17) is 4.74 Å². The van der Waals surface area contributed by atoms with Crippen LogP contribution < -0.4 is 14.5 Å². The van der Waals surface area contributed by atoms with Gasteiger partial charge in [-0.1, -0.05) is 30.3 Å². The SMILES string of the molecule is CCN(CC)c1ccc2c(c1)Oc1cc(N(CC)CC)ccc1C21c2ccccc2C(=O)N1CCO. The Morgan fingerprint density at radius 1 is 0.778 bits per heavy atom. The number of hydrogen-bond donors (Lipinski definition) is 1. The first kappa shape index (κ1) is 24.2. The molecule has 0 atom stereocenters. The van der Waals surface area contributed by atoms with E-state index < -0.39 is 5.54 Å². The third-order valence-electron chi connectivity index (χ3n) is 7.71. The smallest absolute Gasteiger partial charge is 0.255 e. The van der Waals surface area contributed by atoms with Gasteiger partial charge in [-0.2, -0.15) is 0 Å². The predicted molar refractivity (Wildman–Crippen MR) is 145 cm³/mol. The summed E-state index contributed by atoms with van der Waals surface area (Å²) in [5, 5.41) is 10.1. The molecule has 6 heteroatoms. The van der Waals surface area contributed by atoms with E-state index in [1.807, 2.05) is 29.2 Å². The van der Waals surface area contributed by atoms with Crippen molar-refractivity contribution < 1.29 is 14.6 Å². The Hall–Kier alpha value is -3.51.